The summed E-state index contributed by atoms with van der Waals surface area (Å²) < 4.78 is 33.7. The maximum absolute atomic E-state index is 12.9. The van der Waals surface area contributed by atoms with E-state index in [1.165, 1.54) is 15.1 Å². The van der Waals surface area contributed by atoms with E-state index in [1.807, 2.05) is 6.92 Å². The number of nitrogens with one attached hydrogen (secondary N) is 1. The number of rotatable bonds is 7. The molecule has 0 saturated carbocycles. The first-order chi connectivity index (χ1) is 15.4. The summed E-state index contributed by atoms with van der Waals surface area (Å²) in [6.45, 7) is 4.21. The van der Waals surface area contributed by atoms with Crippen molar-refractivity contribution >= 4 is 38.6 Å². The number of halogens is 1. The number of ether oxygens (including phenoxy) is 1. The van der Waals surface area contributed by atoms with Gasteiger partial charge in [-0.25, -0.2) is 18.4 Å². The lowest BCUT2D eigenvalue weighted by atomic mass is 10.2. The Bertz CT molecular complexity index is 1270. The monoisotopic (exact) mass is 478 g/mol. The highest BCUT2D eigenvalue weighted by Gasteiger charge is 2.26. The van der Waals surface area contributed by atoms with Gasteiger partial charge in [-0.05, 0) is 35.7 Å². The fraction of sp³-hybridized carbons (Fsp3) is 0.400. The Balaban J connectivity index is 1.54. The minimum atomic E-state index is -3.55. The number of morpholine rings is 1. The van der Waals surface area contributed by atoms with Crippen molar-refractivity contribution in [2.24, 2.45) is 0 Å². The zero-order valence-corrected chi connectivity index (χ0v) is 19.1. The van der Waals surface area contributed by atoms with Gasteiger partial charge in [0.1, 0.15) is 5.52 Å². The predicted molar refractivity (Wildman–Crippen MR) is 120 cm³/mol. The molecule has 1 aliphatic rings. The summed E-state index contributed by atoms with van der Waals surface area (Å²) >= 11 is 5.89. The standard InChI is InChI=1S/C20H23ClN6O4S/c1-2-7-27-18-16(13-23-20(21)25-18)24-17(19(27)28)22-12-14-3-5-15(6-4-14)32(29,30)26-8-10-31-11-9-26/h3-6,13H,2,7-12H2,1H3,(H,22,24). The molecule has 0 radical (unpaired) electrons. The topological polar surface area (TPSA) is 119 Å². The molecule has 10 nitrogen and oxygen atoms in total. The lowest BCUT2D eigenvalue weighted by Crippen LogP contribution is -2.40. The first-order valence-corrected chi connectivity index (χ1v) is 12.1. The van der Waals surface area contributed by atoms with Crippen molar-refractivity contribution in [3.63, 3.8) is 0 Å². The summed E-state index contributed by atoms with van der Waals surface area (Å²) in [5.41, 5.74) is 1.35. The van der Waals surface area contributed by atoms with Gasteiger partial charge in [0, 0.05) is 26.2 Å². The SMILES string of the molecule is CCCn1c(=O)c(NCc2ccc(S(=O)(=O)N3CCOCC3)cc2)nc2cnc(Cl)nc21. The molecule has 0 atom stereocenters. The summed E-state index contributed by atoms with van der Waals surface area (Å²) in [6, 6.07) is 6.57. The maximum atomic E-state index is 12.9. The second-order valence-electron chi connectivity index (χ2n) is 7.28. The van der Waals surface area contributed by atoms with Gasteiger partial charge in [0.2, 0.25) is 15.3 Å². The molecule has 1 aromatic carbocycles. The van der Waals surface area contributed by atoms with Crippen LogP contribution in [0.25, 0.3) is 11.2 Å². The molecular weight excluding hydrogens is 456 g/mol. The van der Waals surface area contributed by atoms with E-state index in [2.05, 4.69) is 20.3 Å². The van der Waals surface area contributed by atoms with Gasteiger partial charge >= 0.3 is 0 Å². The van der Waals surface area contributed by atoms with Gasteiger partial charge in [0.15, 0.2) is 11.5 Å². The normalized spacial score (nSPS) is 15.2. The molecular formula is C20H23ClN6O4S. The third-order valence-electron chi connectivity index (χ3n) is 5.09. The van der Waals surface area contributed by atoms with Gasteiger partial charge in [-0.15, -0.1) is 0 Å². The number of fused-ring (bicyclic) bond motifs is 1. The van der Waals surface area contributed by atoms with Crippen LogP contribution < -0.4 is 10.9 Å². The van der Waals surface area contributed by atoms with Crippen molar-refractivity contribution in [2.75, 3.05) is 31.6 Å². The Hall–Kier alpha value is -2.60. The highest BCUT2D eigenvalue weighted by atomic mass is 35.5. The number of hydrogen-bond donors (Lipinski definition) is 1. The number of benzene rings is 1. The second kappa shape index (κ2) is 9.49. The average molecular weight is 479 g/mol. The van der Waals surface area contributed by atoms with Crippen LogP contribution in [0.2, 0.25) is 5.28 Å². The van der Waals surface area contributed by atoms with Gasteiger partial charge in [0.05, 0.1) is 24.3 Å². The van der Waals surface area contributed by atoms with Gasteiger partial charge in [-0.1, -0.05) is 19.1 Å². The Kier molecular flexibility index (Phi) is 6.70. The van der Waals surface area contributed by atoms with Crippen LogP contribution in [-0.2, 0) is 27.8 Å². The van der Waals surface area contributed by atoms with E-state index < -0.39 is 10.0 Å². The molecule has 1 N–H and O–H groups in total. The van der Waals surface area contributed by atoms with Crippen LogP contribution in [0.1, 0.15) is 18.9 Å². The molecule has 0 bridgehead atoms. The van der Waals surface area contributed by atoms with Gasteiger partial charge in [-0.3, -0.25) is 9.36 Å². The van der Waals surface area contributed by atoms with E-state index in [1.54, 1.807) is 24.3 Å². The van der Waals surface area contributed by atoms with E-state index in [4.69, 9.17) is 16.3 Å². The molecule has 0 spiro atoms. The number of aromatic nitrogens is 4. The zero-order valence-electron chi connectivity index (χ0n) is 17.5. The summed E-state index contributed by atoms with van der Waals surface area (Å²) in [6.07, 6.45) is 2.21. The van der Waals surface area contributed by atoms with Crippen LogP contribution in [0.15, 0.2) is 40.2 Å². The molecule has 170 valence electrons. The summed E-state index contributed by atoms with van der Waals surface area (Å²) in [7, 11) is -3.55. The van der Waals surface area contributed by atoms with Crippen LogP contribution in [0.4, 0.5) is 5.82 Å². The van der Waals surface area contributed by atoms with Gasteiger partial charge < -0.3 is 10.1 Å². The molecule has 3 aromatic rings. The smallest absolute Gasteiger partial charge is 0.294 e. The Labute approximate surface area is 190 Å². The maximum Gasteiger partial charge on any atom is 0.294 e. The molecule has 0 unspecified atom stereocenters. The van der Waals surface area contributed by atoms with Gasteiger partial charge in [-0.2, -0.15) is 9.29 Å². The highest BCUT2D eigenvalue weighted by molar-refractivity contribution is 7.89. The van der Waals surface area contributed by atoms with Crippen molar-refractivity contribution in [3.05, 3.63) is 51.7 Å². The zero-order chi connectivity index (χ0) is 22.7. The summed E-state index contributed by atoms with van der Waals surface area (Å²) in [4.78, 5) is 25.6. The average Bonchev–Trinajstić information content (AvgIpc) is 2.81. The molecule has 3 heterocycles. The Morgan fingerprint density at radius 2 is 1.88 bits per heavy atom. The highest BCUT2D eigenvalue weighted by Crippen LogP contribution is 2.18. The first-order valence-electron chi connectivity index (χ1n) is 10.2. The molecule has 32 heavy (non-hydrogen) atoms. The molecule has 0 amide bonds. The molecule has 2 aromatic heterocycles. The predicted octanol–water partition coefficient (Wildman–Crippen LogP) is 1.88. The molecule has 1 aliphatic heterocycles. The van der Waals surface area contributed by atoms with Crippen LogP contribution in [0.5, 0.6) is 0 Å². The van der Waals surface area contributed by atoms with Crippen LogP contribution >= 0.6 is 11.6 Å². The minimum absolute atomic E-state index is 0.0522. The fourth-order valence-electron chi connectivity index (χ4n) is 3.46. The summed E-state index contributed by atoms with van der Waals surface area (Å²) in [5, 5.41) is 3.10. The molecule has 1 fully saturated rings. The van der Waals surface area contributed by atoms with Crippen molar-refractivity contribution in [3.8, 4) is 0 Å². The molecule has 12 heteroatoms. The van der Waals surface area contributed by atoms with Crippen molar-refractivity contribution in [1.29, 1.82) is 0 Å². The third-order valence-corrected chi connectivity index (χ3v) is 7.19. The third kappa shape index (κ3) is 4.60. The second-order valence-corrected chi connectivity index (χ2v) is 9.56. The van der Waals surface area contributed by atoms with Crippen molar-refractivity contribution < 1.29 is 13.2 Å². The lowest BCUT2D eigenvalue weighted by molar-refractivity contribution is 0.0730. The lowest BCUT2D eigenvalue weighted by Gasteiger charge is -2.26. The van der Waals surface area contributed by atoms with E-state index in [9.17, 15) is 13.2 Å². The largest absolute Gasteiger partial charge is 0.379 e. The minimum Gasteiger partial charge on any atom is -0.379 e. The van der Waals surface area contributed by atoms with Gasteiger partial charge in [0.25, 0.3) is 5.56 Å². The number of anilines is 1. The Morgan fingerprint density at radius 3 is 2.56 bits per heavy atom. The number of aryl methyl sites for hydroxylation is 1. The van der Waals surface area contributed by atoms with Crippen LogP contribution in [-0.4, -0.2) is 58.5 Å². The fourth-order valence-corrected chi connectivity index (χ4v) is 5.00. The number of sulfonamides is 1. The Morgan fingerprint density at radius 1 is 1.16 bits per heavy atom. The van der Waals surface area contributed by atoms with Crippen molar-refractivity contribution in [2.45, 2.75) is 31.3 Å². The molecule has 1 saturated heterocycles. The van der Waals surface area contributed by atoms with Crippen molar-refractivity contribution in [1.82, 2.24) is 23.8 Å². The summed E-state index contributed by atoms with van der Waals surface area (Å²) in [5.74, 6) is 0.168. The number of hydrogen-bond acceptors (Lipinski definition) is 8. The van der Waals surface area contributed by atoms with Crippen LogP contribution in [0.3, 0.4) is 0 Å². The van der Waals surface area contributed by atoms with E-state index in [0.717, 1.165) is 12.0 Å². The molecule has 4 rings (SSSR count). The van der Waals surface area contributed by atoms with Crippen LogP contribution in [0, 0.1) is 0 Å². The quantitative estimate of drug-likeness (QED) is 0.511. The van der Waals surface area contributed by atoms with E-state index >= 15 is 0 Å². The van der Waals surface area contributed by atoms with E-state index in [-0.39, 0.29) is 21.6 Å². The van der Waals surface area contributed by atoms with E-state index in [0.29, 0.717) is 50.6 Å². The molecule has 0 aliphatic carbocycles. The number of nitrogens with zero attached hydrogens (tertiary/aromatic N) is 5. The first kappa shape index (κ1) is 22.6.